The second-order valence-corrected chi connectivity index (χ2v) is 4.22. The van der Waals surface area contributed by atoms with E-state index in [1.54, 1.807) is 6.92 Å². The van der Waals surface area contributed by atoms with Crippen LogP contribution < -0.4 is 4.74 Å². The van der Waals surface area contributed by atoms with Gasteiger partial charge in [-0.15, -0.1) is 0 Å². The number of carbonyl (C=O) groups excluding carboxylic acids is 1. The Labute approximate surface area is 115 Å². The van der Waals surface area contributed by atoms with E-state index in [0.717, 1.165) is 0 Å². The van der Waals surface area contributed by atoms with Gasteiger partial charge < -0.3 is 14.9 Å². The molecule has 0 bridgehead atoms. The third-order valence-corrected chi connectivity index (χ3v) is 2.74. The van der Waals surface area contributed by atoms with E-state index >= 15 is 0 Å². The second kappa shape index (κ2) is 5.44. The first-order valence-corrected chi connectivity index (χ1v) is 5.82. The number of carboxylic acid groups (broad SMARTS) is 1. The zero-order chi connectivity index (χ0) is 14.7. The zero-order valence-corrected chi connectivity index (χ0v) is 10.7. The molecule has 0 saturated carbocycles. The number of aromatic carboxylic acids is 1. The Morgan fingerprint density at radius 1 is 1.05 bits per heavy atom. The molecule has 0 spiro atoms. The van der Waals surface area contributed by atoms with Crippen LogP contribution in [-0.4, -0.2) is 22.2 Å². The molecule has 0 aliphatic heterocycles. The molecule has 5 nitrogen and oxygen atoms in total. The molecule has 2 rings (SSSR count). The predicted molar refractivity (Wildman–Crippen MR) is 71.2 cm³/mol. The third-order valence-electron chi connectivity index (χ3n) is 2.74. The first kappa shape index (κ1) is 13.6. The van der Waals surface area contributed by atoms with Crippen molar-refractivity contribution in [1.82, 2.24) is 0 Å². The molecule has 0 aliphatic rings. The summed E-state index contributed by atoms with van der Waals surface area (Å²) in [5.41, 5.74) is 0.964. The lowest BCUT2D eigenvalue weighted by Crippen LogP contribution is -2.09. The van der Waals surface area contributed by atoms with Crippen molar-refractivity contribution < 1.29 is 24.5 Å². The van der Waals surface area contributed by atoms with Crippen molar-refractivity contribution >= 4 is 11.9 Å². The van der Waals surface area contributed by atoms with E-state index in [1.165, 1.54) is 42.5 Å². The van der Waals surface area contributed by atoms with Crippen LogP contribution in [0.25, 0.3) is 0 Å². The molecule has 2 N–H and O–H groups in total. The fraction of sp³-hybridized carbons (Fsp3) is 0.0667. The van der Waals surface area contributed by atoms with Crippen molar-refractivity contribution in [1.29, 1.82) is 0 Å². The van der Waals surface area contributed by atoms with Gasteiger partial charge >= 0.3 is 11.9 Å². The maximum Gasteiger partial charge on any atom is 0.343 e. The van der Waals surface area contributed by atoms with Crippen molar-refractivity contribution in [3.63, 3.8) is 0 Å². The number of ether oxygens (including phenoxy) is 1. The lowest BCUT2D eigenvalue weighted by atomic mass is 10.1. The molecule has 0 aromatic heterocycles. The average Bonchev–Trinajstić information content (AvgIpc) is 2.39. The van der Waals surface area contributed by atoms with Crippen LogP contribution in [-0.2, 0) is 0 Å². The number of phenolic OH excluding ortho intramolecular Hbond substituents is 1. The fourth-order valence-corrected chi connectivity index (χ4v) is 1.70. The van der Waals surface area contributed by atoms with Gasteiger partial charge in [-0.2, -0.15) is 0 Å². The number of aromatic hydroxyl groups is 1. The highest BCUT2D eigenvalue weighted by atomic mass is 16.5. The third kappa shape index (κ3) is 2.95. The van der Waals surface area contributed by atoms with Crippen molar-refractivity contribution in [3.8, 4) is 11.5 Å². The fourth-order valence-electron chi connectivity index (χ4n) is 1.70. The molecule has 0 aliphatic carbocycles. The summed E-state index contributed by atoms with van der Waals surface area (Å²) in [5, 5.41) is 18.1. The molecule has 2 aromatic rings. The van der Waals surface area contributed by atoms with E-state index in [2.05, 4.69) is 0 Å². The summed E-state index contributed by atoms with van der Waals surface area (Å²) in [6, 6.07) is 9.95. The summed E-state index contributed by atoms with van der Waals surface area (Å²) in [4.78, 5) is 22.7. The van der Waals surface area contributed by atoms with E-state index in [4.69, 9.17) is 14.9 Å². The summed E-state index contributed by atoms with van der Waals surface area (Å²) < 4.78 is 5.14. The molecular formula is C15H12O5. The first-order valence-electron chi connectivity index (χ1n) is 5.82. The minimum absolute atomic E-state index is 0.0585. The SMILES string of the molecule is Cc1cc(OC(=O)c2ccc(O)cc2)ccc1C(=O)O. The Bertz CT molecular complexity index is 658. The van der Waals surface area contributed by atoms with Gasteiger partial charge in [-0.05, 0) is 55.0 Å². The Morgan fingerprint density at radius 2 is 1.70 bits per heavy atom. The maximum atomic E-state index is 11.8. The second-order valence-electron chi connectivity index (χ2n) is 4.22. The van der Waals surface area contributed by atoms with E-state index in [-0.39, 0.29) is 17.1 Å². The number of rotatable bonds is 3. The maximum absolute atomic E-state index is 11.8. The van der Waals surface area contributed by atoms with Gasteiger partial charge in [0.1, 0.15) is 11.5 Å². The van der Waals surface area contributed by atoms with E-state index in [0.29, 0.717) is 11.1 Å². The van der Waals surface area contributed by atoms with Gasteiger partial charge in [0.25, 0.3) is 0 Å². The number of phenols is 1. The Balaban J connectivity index is 2.18. The summed E-state index contributed by atoms with van der Waals surface area (Å²) >= 11 is 0. The quantitative estimate of drug-likeness (QED) is 0.662. The summed E-state index contributed by atoms with van der Waals surface area (Å²) in [5.74, 6) is -1.28. The number of esters is 1. The minimum atomic E-state index is -1.03. The van der Waals surface area contributed by atoms with Gasteiger partial charge in [0.15, 0.2) is 0 Å². The van der Waals surface area contributed by atoms with Crippen molar-refractivity contribution in [2.24, 2.45) is 0 Å². The highest BCUT2D eigenvalue weighted by Gasteiger charge is 2.11. The Morgan fingerprint density at radius 3 is 2.25 bits per heavy atom. The molecule has 20 heavy (non-hydrogen) atoms. The lowest BCUT2D eigenvalue weighted by Gasteiger charge is -2.07. The van der Waals surface area contributed by atoms with Gasteiger partial charge in [0.05, 0.1) is 11.1 Å². The van der Waals surface area contributed by atoms with Gasteiger partial charge in [0.2, 0.25) is 0 Å². The van der Waals surface area contributed by atoms with Crippen molar-refractivity contribution in [2.45, 2.75) is 6.92 Å². The van der Waals surface area contributed by atoms with Crippen LogP contribution in [0.2, 0.25) is 0 Å². The number of hydrogen-bond acceptors (Lipinski definition) is 4. The van der Waals surface area contributed by atoms with Gasteiger partial charge in [0, 0.05) is 0 Å². The molecule has 0 unspecified atom stereocenters. The molecule has 0 amide bonds. The number of benzene rings is 2. The molecule has 5 heteroatoms. The average molecular weight is 272 g/mol. The van der Waals surface area contributed by atoms with Gasteiger partial charge in [-0.3, -0.25) is 0 Å². The molecule has 0 radical (unpaired) electrons. The Hall–Kier alpha value is -2.82. The number of carbonyl (C=O) groups is 2. The topological polar surface area (TPSA) is 83.8 Å². The first-order chi connectivity index (χ1) is 9.47. The van der Waals surface area contributed by atoms with Gasteiger partial charge in [-0.1, -0.05) is 0 Å². The highest BCUT2D eigenvalue weighted by molar-refractivity contribution is 5.92. The van der Waals surface area contributed by atoms with Crippen LogP contribution >= 0.6 is 0 Å². The molecule has 0 heterocycles. The standard InChI is InChI=1S/C15H12O5/c1-9-8-12(6-7-13(9)14(17)18)20-15(19)10-2-4-11(16)5-3-10/h2-8,16H,1H3,(H,17,18). The van der Waals surface area contributed by atoms with Crippen molar-refractivity contribution in [3.05, 3.63) is 59.2 Å². The predicted octanol–water partition coefficient (Wildman–Crippen LogP) is 2.62. The van der Waals surface area contributed by atoms with E-state index in [1.807, 2.05) is 0 Å². The smallest absolute Gasteiger partial charge is 0.343 e. The zero-order valence-electron chi connectivity index (χ0n) is 10.7. The van der Waals surface area contributed by atoms with Crippen molar-refractivity contribution in [2.75, 3.05) is 0 Å². The number of aryl methyl sites for hydroxylation is 1. The summed E-state index contributed by atoms with van der Waals surface area (Å²) in [6.45, 7) is 1.63. The highest BCUT2D eigenvalue weighted by Crippen LogP contribution is 2.19. The summed E-state index contributed by atoms with van der Waals surface area (Å²) in [7, 11) is 0. The summed E-state index contributed by atoms with van der Waals surface area (Å²) in [6.07, 6.45) is 0. The molecule has 102 valence electrons. The number of carboxylic acids is 1. The number of hydrogen-bond donors (Lipinski definition) is 2. The monoisotopic (exact) mass is 272 g/mol. The van der Waals surface area contributed by atoms with Crippen LogP contribution in [0.4, 0.5) is 0 Å². The minimum Gasteiger partial charge on any atom is -0.508 e. The van der Waals surface area contributed by atoms with Crippen LogP contribution in [0.5, 0.6) is 11.5 Å². The van der Waals surface area contributed by atoms with Crippen LogP contribution in [0.1, 0.15) is 26.3 Å². The normalized spacial score (nSPS) is 10.1. The van der Waals surface area contributed by atoms with Crippen LogP contribution in [0.3, 0.4) is 0 Å². The molecular weight excluding hydrogens is 260 g/mol. The van der Waals surface area contributed by atoms with Crippen LogP contribution in [0, 0.1) is 6.92 Å². The molecule has 0 atom stereocenters. The van der Waals surface area contributed by atoms with E-state index < -0.39 is 11.9 Å². The van der Waals surface area contributed by atoms with Crippen LogP contribution in [0.15, 0.2) is 42.5 Å². The molecule has 2 aromatic carbocycles. The molecule has 0 saturated heterocycles. The lowest BCUT2D eigenvalue weighted by molar-refractivity contribution is 0.0695. The largest absolute Gasteiger partial charge is 0.508 e. The molecule has 0 fully saturated rings. The Kier molecular flexibility index (Phi) is 3.70. The van der Waals surface area contributed by atoms with Gasteiger partial charge in [-0.25, -0.2) is 9.59 Å². The van der Waals surface area contributed by atoms with E-state index in [9.17, 15) is 9.59 Å².